The van der Waals surface area contributed by atoms with E-state index in [0.29, 0.717) is 0 Å². The molecule has 0 N–H and O–H groups in total. The number of hydrogen-bond acceptors (Lipinski definition) is 1. The van der Waals surface area contributed by atoms with Gasteiger partial charge in [0.05, 0.1) is 0 Å². The van der Waals surface area contributed by atoms with Crippen molar-refractivity contribution in [2.75, 3.05) is 0 Å². The van der Waals surface area contributed by atoms with Crippen molar-refractivity contribution in [3.05, 3.63) is 33.7 Å². The maximum atomic E-state index is 11.1. The molecule has 0 amide bonds. The van der Waals surface area contributed by atoms with Gasteiger partial charge in [-0.25, -0.2) is 0 Å². The molecule has 3 heteroatoms. The third kappa shape index (κ3) is 2.30. The molecule has 0 saturated heterocycles. The summed E-state index contributed by atoms with van der Waals surface area (Å²) >= 11 is 0. The van der Waals surface area contributed by atoms with Gasteiger partial charge < -0.3 is 9.36 Å². The van der Waals surface area contributed by atoms with Crippen LogP contribution in [0.2, 0.25) is 0 Å². The number of rotatable bonds is 0. The van der Waals surface area contributed by atoms with Crippen molar-refractivity contribution in [2.45, 2.75) is 13.8 Å². The predicted molar refractivity (Wildman–Crippen MR) is 40.0 cm³/mol. The van der Waals surface area contributed by atoms with Crippen LogP contribution in [-0.4, -0.2) is 4.57 Å². The van der Waals surface area contributed by atoms with Crippen molar-refractivity contribution in [1.82, 2.24) is 4.57 Å². The van der Waals surface area contributed by atoms with E-state index in [-0.39, 0.29) is 26.6 Å². The topological polar surface area (TPSA) is 22.0 Å². The van der Waals surface area contributed by atoms with E-state index in [1.165, 1.54) is 4.57 Å². The number of pyridine rings is 1. The zero-order chi connectivity index (χ0) is 7.72. The molecule has 1 aromatic rings. The van der Waals surface area contributed by atoms with Gasteiger partial charge in [-0.05, 0) is 7.05 Å². The largest absolute Gasteiger partial charge is 2.00 e. The summed E-state index contributed by atoms with van der Waals surface area (Å²) in [6.07, 6.45) is 2.88. The fourth-order valence-corrected chi connectivity index (χ4v) is 0.999. The Morgan fingerprint density at radius 2 is 2.00 bits per heavy atom. The minimum absolute atomic E-state index is 0. The van der Waals surface area contributed by atoms with Crippen LogP contribution in [0.4, 0.5) is 0 Å². The standard InChI is InChI=1S/C8H10NO.W/c1-6-4-7(2)8(10)9(3)5-6;/h4H,1-3H3;/q-1;+2. The van der Waals surface area contributed by atoms with Crippen LogP contribution < -0.4 is 5.56 Å². The summed E-state index contributed by atoms with van der Waals surface area (Å²) in [5.74, 6) is 0. The average Bonchev–Trinajstić information content (AvgIpc) is 1.82. The Balaban J connectivity index is 0.000001000. The summed E-state index contributed by atoms with van der Waals surface area (Å²) in [7, 11) is 1.71. The first-order valence-electron chi connectivity index (χ1n) is 3.18. The molecule has 0 unspecified atom stereocenters. The molecular weight excluding hydrogens is 310 g/mol. The molecule has 11 heavy (non-hydrogen) atoms. The molecule has 1 aromatic heterocycles. The normalized spacial score (nSPS) is 9.00. The first kappa shape index (κ1) is 10.6. The van der Waals surface area contributed by atoms with Crippen molar-refractivity contribution in [3.63, 3.8) is 0 Å². The molecule has 1 rings (SSSR count). The summed E-state index contributed by atoms with van der Waals surface area (Å²) in [5, 5.41) is 0. The molecule has 0 atom stereocenters. The van der Waals surface area contributed by atoms with Gasteiger partial charge in [0.15, 0.2) is 0 Å². The van der Waals surface area contributed by atoms with Crippen LogP contribution in [0.5, 0.6) is 0 Å². The van der Waals surface area contributed by atoms with E-state index >= 15 is 0 Å². The summed E-state index contributed by atoms with van der Waals surface area (Å²) < 4.78 is 1.48. The van der Waals surface area contributed by atoms with Crippen LogP contribution in [0, 0.1) is 20.0 Å². The molecule has 1 heterocycles. The summed E-state index contributed by atoms with van der Waals surface area (Å²) in [6, 6.07) is 1.84. The number of nitrogens with zero attached hydrogens (tertiary/aromatic N) is 1. The number of aromatic nitrogens is 1. The molecule has 0 aromatic carbocycles. The van der Waals surface area contributed by atoms with Crippen molar-refractivity contribution in [1.29, 1.82) is 0 Å². The maximum Gasteiger partial charge on any atom is 2.00 e. The van der Waals surface area contributed by atoms with Crippen LogP contribution in [0.3, 0.4) is 0 Å². The second kappa shape index (κ2) is 3.87. The third-order valence-corrected chi connectivity index (χ3v) is 1.42. The van der Waals surface area contributed by atoms with Gasteiger partial charge in [0.2, 0.25) is 0 Å². The minimum atomic E-state index is 0. The van der Waals surface area contributed by atoms with Gasteiger partial charge >= 0.3 is 21.1 Å². The van der Waals surface area contributed by atoms with E-state index in [9.17, 15) is 4.79 Å². The van der Waals surface area contributed by atoms with Gasteiger partial charge in [-0.2, -0.15) is 6.07 Å². The molecule has 0 fully saturated rings. The van der Waals surface area contributed by atoms with Crippen LogP contribution in [0.1, 0.15) is 11.1 Å². The van der Waals surface area contributed by atoms with Gasteiger partial charge in [-0.3, -0.25) is 0 Å². The Hall–Kier alpha value is -0.362. The molecule has 0 aliphatic heterocycles. The van der Waals surface area contributed by atoms with Crippen LogP contribution >= 0.6 is 0 Å². The van der Waals surface area contributed by atoms with Gasteiger partial charge in [0.25, 0.3) is 0 Å². The van der Waals surface area contributed by atoms with Crippen molar-refractivity contribution >= 4 is 0 Å². The SMILES string of the molecule is Cc1[c-]n(C)c(=O)c(C)c1.[W+2]. The zero-order valence-electron chi connectivity index (χ0n) is 6.84. The second-order valence-corrected chi connectivity index (χ2v) is 2.49. The van der Waals surface area contributed by atoms with Crippen LogP contribution in [0.25, 0.3) is 0 Å². The third-order valence-electron chi connectivity index (χ3n) is 1.42. The monoisotopic (exact) mass is 320 g/mol. The van der Waals surface area contributed by atoms with Crippen LogP contribution in [0.15, 0.2) is 10.9 Å². The average molecular weight is 320 g/mol. The Morgan fingerprint density at radius 3 is 2.45 bits per heavy atom. The van der Waals surface area contributed by atoms with Gasteiger partial charge in [-0.15, -0.1) is 5.56 Å². The first-order valence-corrected chi connectivity index (χ1v) is 3.18. The molecule has 0 aliphatic rings. The summed E-state index contributed by atoms with van der Waals surface area (Å²) in [6.45, 7) is 3.73. The Kier molecular flexibility index (Phi) is 3.74. The number of hydrogen-bond donors (Lipinski definition) is 0. The van der Waals surface area contributed by atoms with Gasteiger partial charge in [-0.1, -0.05) is 25.6 Å². The molecule has 0 radical (unpaired) electrons. The Morgan fingerprint density at radius 1 is 1.45 bits per heavy atom. The quantitative estimate of drug-likeness (QED) is 0.648. The van der Waals surface area contributed by atoms with Crippen molar-refractivity contribution in [3.8, 4) is 0 Å². The van der Waals surface area contributed by atoms with Crippen molar-refractivity contribution < 1.29 is 21.1 Å². The summed E-state index contributed by atoms with van der Waals surface area (Å²) in [4.78, 5) is 11.1. The molecular formula is C8H10NOW+. The predicted octanol–water partition coefficient (Wildman–Crippen LogP) is 0.800. The molecule has 0 aliphatic carbocycles. The molecule has 0 spiro atoms. The van der Waals surface area contributed by atoms with Gasteiger partial charge in [0, 0.05) is 0 Å². The van der Waals surface area contributed by atoms with E-state index in [1.807, 2.05) is 19.9 Å². The summed E-state index contributed by atoms with van der Waals surface area (Å²) in [5.41, 5.74) is 1.81. The van der Waals surface area contributed by atoms with E-state index in [0.717, 1.165) is 11.1 Å². The Bertz CT molecular complexity index is 277. The number of aryl methyl sites for hydroxylation is 3. The fourth-order valence-electron chi connectivity index (χ4n) is 0.999. The second-order valence-electron chi connectivity index (χ2n) is 2.49. The van der Waals surface area contributed by atoms with E-state index in [2.05, 4.69) is 6.20 Å². The van der Waals surface area contributed by atoms with Crippen molar-refractivity contribution in [2.24, 2.45) is 7.05 Å². The molecule has 58 valence electrons. The van der Waals surface area contributed by atoms with E-state index in [4.69, 9.17) is 0 Å². The first-order chi connectivity index (χ1) is 4.61. The smallest absolute Gasteiger partial charge is 0.426 e. The fraction of sp³-hybridized carbons (Fsp3) is 0.375. The molecule has 2 nitrogen and oxygen atoms in total. The Labute approximate surface area is 80.5 Å². The maximum absolute atomic E-state index is 11.1. The van der Waals surface area contributed by atoms with E-state index < -0.39 is 0 Å². The van der Waals surface area contributed by atoms with E-state index in [1.54, 1.807) is 7.05 Å². The molecule has 0 bridgehead atoms. The van der Waals surface area contributed by atoms with Gasteiger partial charge in [0.1, 0.15) is 5.56 Å². The molecule has 0 saturated carbocycles. The zero-order valence-corrected chi connectivity index (χ0v) is 9.77. The van der Waals surface area contributed by atoms with Crippen LogP contribution in [-0.2, 0) is 28.1 Å². The minimum Gasteiger partial charge on any atom is -0.426 e.